The van der Waals surface area contributed by atoms with E-state index in [9.17, 15) is 4.79 Å². The second-order valence-electron chi connectivity index (χ2n) is 4.21. The fraction of sp³-hybridized carbons (Fsp3) is 0.909. The summed E-state index contributed by atoms with van der Waals surface area (Å²) in [6.07, 6.45) is 3.72. The molecule has 0 aromatic heterocycles. The van der Waals surface area contributed by atoms with Crippen molar-refractivity contribution < 1.29 is 9.53 Å². The van der Waals surface area contributed by atoms with Crippen molar-refractivity contribution in [2.45, 2.75) is 38.6 Å². The molecular formula is C11H22N2O2. The van der Waals surface area contributed by atoms with Crippen LogP contribution >= 0.6 is 0 Å². The summed E-state index contributed by atoms with van der Waals surface area (Å²) in [5.74, 6) is 0.215. The Bertz CT molecular complexity index is 191. The molecule has 1 aliphatic rings. The molecule has 0 spiro atoms. The highest BCUT2D eigenvalue weighted by Gasteiger charge is 2.24. The maximum absolute atomic E-state index is 11.0. The van der Waals surface area contributed by atoms with Crippen LogP contribution in [-0.2, 0) is 9.53 Å². The third-order valence-corrected chi connectivity index (χ3v) is 2.84. The third kappa shape index (κ3) is 4.62. The Morgan fingerprint density at radius 3 is 3.00 bits per heavy atom. The maximum Gasteiger partial charge on any atom is 0.218 e. The van der Waals surface area contributed by atoms with Gasteiger partial charge in [-0.1, -0.05) is 6.92 Å². The number of nitrogens with two attached hydrogens (primary N) is 1. The van der Waals surface area contributed by atoms with Gasteiger partial charge in [-0.2, -0.15) is 0 Å². The number of carbonyl (C=O) groups is 1. The first-order valence-electron chi connectivity index (χ1n) is 5.83. The molecule has 0 bridgehead atoms. The van der Waals surface area contributed by atoms with Gasteiger partial charge >= 0.3 is 0 Å². The van der Waals surface area contributed by atoms with Gasteiger partial charge in [0.25, 0.3) is 0 Å². The van der Waals surface area contributed by atoms with Gasteiger partial charge in [0, 0.05) is 19.1 Å². The molecule has 0 saturated carbocycles. The zero-order valence-electron chi connectivity index (χ0n) is 9.50. The van der Waals surface area contributed by atoms with Crippen LogP contribution in [0.4, 0.5) is 0 Å². The minimum atomic E-state index is -0.228. The molecule has 4 heteroatoms. The second-order valence-corrected chi connectivity index (χ2v) is 4.21. The predicted octanol–water partition coefficient (Wildman–Crippen LogP) is 0.657. The van der Waals surface area contributed by atoms with Crippen LogP contribution in [0.15, 0.2) is 0 Å². The Kier molecular flexibility index (Phi) is 5.65. The lowest BCUT2D eigenvalue weighted by atomic mass is 9.91. The third-order valence-electron chi connectivity index (χ3n) is 2.84. The van der Waals surface area contributed by atoms with Gasteiger partial charge < -0.3 is 15.8 Å². The molecule has 1 fully saturated rings. The van der Waals surface area contributed by atoms with Gasteiger partial charge in [0.15, 0.2) is 0 Å². The Balaban J connectivity index is 2.41. The van der Waals surface area contributed by atoms with Crippen molar-refractivity contribution in [1.29, 1.82) is 0 Å². The highest BCUT2D eigenvalue weighted by atomic mass is 16.5. The number of nitrogens with one attached hydrogen (secondary N) is 1. The molecule has 88 valence electrons. The van der Waals surface area contributed by atoms with Crippen molar-refractivity contribution >= 4 is 5.91 Å². The number of amides is 1. The summed E-state index contributed by atoms with van der Waals surface area (Å²) in [6, 6.07) is 0.197. The minimum Gasteiger partial charge on any atom is -0.381 e. The van der Waals surface area contributed by atoms with Gasteiger partial charge in [-0.15, -0.1) is 0 Å². The minimum absolute atomic E-state index is 0.197. The average Bonchev–Trinajstić information content (AvgIpc) is 2.25. The standard InChI is InChI=1S/C11H22N2O2/c1-2-5-13-10(7-11(12)14)9-4-3-6-15-8-9/h9-10,13H,2-8H2,1H3,(H2,12,14). The SMILES string of the molecule is CCCNC(CC(N)=O)C1CCCOC1. The highest BCUT2D eigenvalue weighted by Crippen LogP contribution is 2.19. The molecular weight excluding hydrogens is 192 g/mol. The van der Waals surface area contributed by atoms with Crippen LogP contribution in [0.3, 0.4) is 0 Å². The summed E-state index contributed by atoms with van der Waals surface area (Å²) in [5.41, 5.74) is 5.25. The zero-order valence-corrected chi connectivity index (χ0v) is 9.50. The number of rotatable bonds is 6. The van der Waals surface area contributed by atoms with E-state index in [4.69, 9.17) is 10.5 Å². The summed E-state index contributed by atoms with van der Waals surface area (Å²) in [5, 5.41) is 3.39. The van der Waals surface area contributed by atoms with Gasteiger partial charge in [-0.25, -0.2) is 0 Å². The van der Waals surface area contributed by atoms with Crippen LogP contribution < -0.4 is 11.1 Å². The van der Waals surface area contributed by atoms with Crippen molar-refractivity contribution in [1.82, 2.24) is 5.32 Å². The van der Waals surface area contributed by atoms with Crippen molar-refractivity contribution in [2.24, 2.45) is 11.7 Å². The molecule has 1 aliphatic heterocycles. The molecule has 2 atom stereocenters. The van der Waals surface area contributed by atoms with E-state index < -0.39 is 0 Å². The van der Waals surface area contributed by atoms with Crippen LogP contribution in [0.5, 0.6) is 0 Å². The van der Waals surface area contributed by atoms with Crippen LogP contribution in [0.25, 0.3) is 0 Å². The largest absolute Gasteiger partial charge is 0.381 e. The summed E-state index contributed by atoms with van der Waals surface area (Å²) in [4.78, 5) is 11.0. The summed E-state index contributed by atoms with van der Waals surface area (Å²) in [7, 11) is 0. The Morgan fingerprint density at radius 2 is 2.47 bits per heavy atom. The normalized spacial score (nSPS) is 23.7. The Morgan fingerprint density at radius 1 is 1.67 bits per heavy atom. The van der Waals surface area contributed by atoms with E-state index in [0.717, 1.165) is 39.0 Å². The lowest BCUT2D eigenvalue weighted by Gasteiger charge is -2.30. The monoisotopic (exact) mass is 214 g/mol. The number of hydrogen-bond acceptors (Lipinski definition) is 3. The molecule has 3 N–H and O–H groups in total. The zero-order chi connectivity index (χ0) is 11.1. The predicted molar refractivity (Wildman–Crippen MR) is 59.4 cm³/mol. The van der Waals surface area contributed by atoms with Gasteiger partial charge in [-0.3, -0.25) is 4.79 Å². The molecule has 1 heterocycles. The fourth-order valence-electron chi connectivity index (χ4n) is 2.03. The smallest absolute Gasteiger partial charge is 0.218 e. The van der Waals surface area contributed by atoms with Crippen molar-refractivity contribution in [3.05, 3.63) is 0 Å². The Hall–Kier alpha value is -0.610. The summed E-state index contributed by atoms with van der Waals surface area (Å²) >= 11 is 0. The average molecular weight is 214 g/mol. The quantitative estimate of drug-likeness (QED) is 0.682. The molecule has 15 heavy (non-hydrogen) atoms. The molecule has 4 nitrogen and oxygen atoms in total. The maximum atomic E-state index is 11.0. The van der Waals surface area contributed by atoms with Crippen molar-refractivity contribution in [3.8, 4) is 0 Å². The van der Waals surface area contributed by atoms with Gasteiger partial charge in [-0.05, 0) is 31.7 Å². The van der Waals surface area contributed by atoms with E-state index in [1.807, 2.05) is 0 Å². The summed E-state index contributed by atoms with van der Waals surface area (Å²) < 4.78 is 5.43. The molecule has 0 aromatic rings. The fourth-order valence-corrected chi connectivity index (χ4v) is 2.03. The molecule has 0 aromatic carbocycles. The first kappa shape index (κ1) is 12.5. The van der Waals surface area contributed by atoms with E-state index in [0.29, 0.717) is 12.3 Å². The van der Waals surface area contributed by atoms with E-state index >= 15 is 0 Å². The van der Waals surface area contributed by atoms with Crippen LogP contribution in [0, 0.1) is 5.92 Å². The molecule has 1 rings (SSSR count). The lowest BCUT2D eigenvalue weighted by molar-refractivity contribution is -0.119. The van der Waals surface area contributed by atoms with Gasteiger partial charge in [0.05, 0.1) is 6.61 Å². The highest BCUT2D eigenvalue weighted by molar-refractivity contribution is 5.74. The molecule has 1 amide bonds. The number of primary amides is 1. The van der Waals surface area contributed by atoms with E-state index in [-0.39, 0.29) is 11.9 Å². The molecule has 0 aliphatic carbocycles. The van der Waals surface area contributed by atoms with Crippen LogP contribution in [0.2, 0.25) is 0 Å². The van der Waals surface area contributed by atoms with E-state index in [1.54, 1.807) is 0 Å². The lowest BCUT2D eigenvalue weighted by Crippen LogP contribution is -2.43. The van der Waals surface area contributed by atoms with Gasteiger partial charge in [0.2, 0.25) is 5.91 Å². The first-order valence-corrected chi connectivity index (χ1v) is 5.83. The Labute approximate surface area is 91.5 Å². The van der Waals surface area contributed by atoms with Crippen LogP contribution in [0.1, 0.15) is 32.6 Å². The van der Waals surface area contributed by atoms with E-state index in [2.05, 4.69) is 12.2 Å². The number of ether oxygens (including phenoxy) is 1. The number of hydrogen-bond donors (Lipinski definition) is 2. The molecule has 2 unspecified atom stereocenters. The van der Waals surface area contributed by atoms with Crippen molar-refractivity contribution in [3.63, 3.8) is 0 Å². The van der Waals surface area contributed by atoms with Gasteiger partial charge in [0.1, 0.15) is 0 Å². The number of carbonyl (C=O) groups excluding carboxylic acids is 1. The van der Waals surface area contributed by atoms with Crippen molar-refractivity contribution in [2.75, 3.05) is 19.8 Å². The topological polar surface area (TPSA) is 64.3 Å². The summed E-state index contributed by atoms with van der Waals surface area (Å²) in [6.45, 7) is 4.67. The van der Waals surface area contributed by atoms with Crippen LogP contribution in [-0.4, -0.2) is 31.7 Å². The van der Waals surface area contributed by atoms with E-state index in [1.165, 1.54) is 0 Å². The second kappa shape index (κ2) is 6.80. The first-order chi connectivity index (χ1) is 7.24. The molecule has 1 saturated heterocycles. The molecule has 0 radical (unpaired) electrons.